The molecule has 0 radical (unpaired) electrons. The first-order valence-corrected chi connectivity index (χ1v) is 5.19. The zero-order valence-corrected chi connectivity index (χ0v) is 8.15. The van der Waals surface area contributed by atoms with Crippen LogP contribution in [0.2, 0.25) is 0 Å². The highest BCUT2D eigenvalue weighted by atomic mass is 16.4. The minimum Gasteiger partial charge on any atom is -0.477 e. The maximum absolute atomic E-state index is 10.9. The molecule has 1 aromatic heterocycles. The summed E-state index contributed by atoms with van der Waals surface area (Å²) in [7, 11) is 0. The molecule has 14 heavy (non-hydrogen) atoms. The fourth-order valence-corrected chi connectivity index (χ4v) is 2.25. The van der Waals surface area contributed by atoms with Crippen LogP contribution in [0.1, 0.15) is 48.6 Å². The van der Waals surface area contributed by atoms with Crippen molar-refractivity contribution in [2.45, 2.75) is 38.1 Å². The standard InChI is InChI=1S/C11H15NO2/c13-11(14)10-7-4-8-12(10)9-5-2-1-3-6-9/h4,7-9H,1-3,5-6H2,(H,13,14). The molecule has 0 amide bonds. The topological polar surface area (TPSA) is 42.2 Å². The summed E-state index contributed by atoms with van der Waals surface area (Å²) in [5.41, 5.74) is 0.428. The Kier molecular flexibility index (Phi) is 2.57. The van der Waals surface area contributed by atoms with Gasteiger partial charge in [0.15, 0.2) is 0 Å². The van der Waals surface area contributed by atoms with E-state index in [2.05, 4.69) is 0 Å². The van der Waals surface area contributed by atoms with Crippen LogP contribution in [0.3, 0.4) is 0 Å². The lowest BCUT2D eigenvalue weighted by atomic mass is 9.95. The second kappa shape index (κ2) is 3.86. The third kappa shape index (κ3) is 1.67. The predicted molar refractivity (Wildman–Crippen MR) is 53.5 cm³/mol. The number of hydrogen-bond donors (Lipinski definition) is 1. The van der Waals surface area contributed by atoms with Gasteiger partial charge in [0.2, 0.25) is 0 Å². The maximum Gasteiger partial charge on any atom is 0.352 e. The quantitative estimate of drug-likeness (QED) is 0.784. The predicted octanol–water partition coefficient (Wildman–Crippen LogP) is 2.69. The van der Waals surface area contributed by atoms with Crippen LogP contribution < -0.4 is 0 Å². The molecule has 0 unspecified atom stereocenters. The largest absolute Gasteiger partial charge is 0.477 e. The normalized spacial score (nSPS) is 18.3. The molecule has 0 spiro atoms. The second-order valence-corrected chi connectivity index (χ2v) is 3.90. The van der Waals surface area contributed by atoms with Gasteiger partial charge in [-0.05, 0) is 25.0 Å². The maximum atomic E-state index is 10.9. The lowest BCUT2D eigenvalue weighted by Crippen LogP contribution is -2.16. The Morgan fingerprint density at radius 3 is 2.71 bits per heavy atom. The van der Waals surface area contributed by atoms with Gasteiger partial charge in [0.25, 0.3) is 0 Å². The number of aromatic nitrogens is 1. The van der Waals surface area contributed by atoms with Crippen LogP contribution >= 0.6 is 0 Å². The molecule has 3 heteroatoms. The van der Waals surface area contributed by atoms with Crippen molar-refractivity contribution in [3.63, 3.8) is 0 Å². The molecule has 0 bridgehead atoms. The molecule has 1 aliphatic carbocycles. The first kappa shape index (κ1) is 9.31. The van der Waals surface area contributed by atoms with E-state index < -0.39 is 5.97 Å². The molecule has 1 N–H and O–H groups in total. The van der Waals surface area contributed by atoms with Crippen LogP contribution in [-0.2, 0) is 0 Å². The summed E-state index contributed by atoms with van der Waals surface area (Å²) >= 11 is 0. The van der Waals surface area contributed by atoms with Crippen molar-refractivity contribution in [3.05, 3.63) is 24.0 Å². The Morgan fingerprint density at radius 1 is 1.36 bits per heavy atom. The van der Waals surface area contributed by atoms with E-state index in [0.717, 1.165) is 12.8 Å². The minimum absolute atomic E-state index is 0.407. The zero-order valence-electron chi connectivity index (χ0n) is 8.15. The molecule has 0 saturated heterocycles. The summed E-state index contributed by atoms with van der Waals surface area (Å²) in [6, 6.07) is 3.90. The highest BCUT2D eigenvalue weighted by molar-refractivity contribution is 5.85. The van der Waals surface area contributed by atoms with Crippen LogP contribution in [0.5, 0.6) is 0 Å². The number of aromatic carboxylic acids is 1. The van der Waals surface area contributed by atoms with Gasteiger partial charge in [0.1, 0.15) is 5.69 Å². The van der Waals surface area contributed by atoms with E-state index in [-0.39, 0.29) is 0 Å². The van der Waals surface area contributed by atoms with Gasteiger partial charge >= 0.3 is 5.97 Å². The molecule has 1 aromatic rings. The fraction of sp³-hybridized carbons (Fsp3) is 0.545. The van der Waals surface area contributed by atoms with Crippen LogP contribution in [0.15, 0.2) is 18.3 Å². The van der Waals surface area contributed by atoms with Gasteiger partial charge in [-0.3, -0.25) is 0 Å². The number of rotatable bonds is 2. The average Bonchev–Trinajstić information content (AvgIpc) is 2.67. The number of carboxylic acid groups (broad SMARTS) is 1. The van der Waals surface area contributed by atoms with E-state index in [4.69, 9.17) is 5.11 Å². The molecule has 1 aliphatic rings. The average molecular weight is 193 g/mol. The summed E-state index contributed by atoms with van der Waals surface area (Å²) in [6.45, 7) is 0. The van der Waals surface area contributed by atoms with E-state index in [0.29, 0.717) is 11.7 Å². The minimum atomic E-state index is -0.819. The van der Waals surface area contributed by atoms with Crippen molar-refractivity contribution in [2.75, 3.05) is 0 Å². The van der Waals surface area contributed by atoms with Gasteiger partial charge in [-0.15, -0.1) is 0 Å². The second-order valence-electron chi connectivity index (χ2n) is 3.90. The van der Waals surface area contributed by atoms with Crippen LogP contribution in [-0.4, -0.2) is 15.6 Å². The SMILES string of the molecule is O=C(O)c1cccn1C1CCCCC1. The third-order valence-electron chi connectivity index (χ3n) is 2.97. The Balaban J connectivity index is 2.21. The zero-order chi connectivity index (χ0) is 9.97. The van der Waals surface area contributed by atoms with Crippen LogP contribution in [0.25, 0.3) is 0 Å². The van der Waals surface area contributed by atoms with Crippen molar-refractivity contribution in [1.82, 2.24) is 4.57 Å². The van der Waals surface area contributed by atoms with Gasteiger partial charge in [0.05, 0.1) is 0 Å². The Bertz CT molecular complexity index is 324. The summed E-state index contributed by atoms with van der Waals surface area (Å²) in [5, 5.41) is 8.96. The summed E-state index contributed by atoms with van der Waals surface area (Å²) in [6.07, 6.45) is 7.87. The highest BCUT2D eigenvalue weighted by Gasteiger charge is 2.19. The van der Waals surface area contributed by atoms with Gasteiger partial charge in [0, 0.05) is 12.2 Å². The first-order valence-electron chi connectivity index (χ1n) is 5.19. The molecule has 1 saturated carbocycles. The number of nitrogens with zero attached hydrogens (tertiary/aromatic N) is 1. The smallest absolute Gasteiger partial charge is 0.352 e. The van der Waals surface area contributed by atoms with Crippen molar-refractivity contribution in [3.8, 4) is 0 Å². The number of hydrogen-bond acceptors (Lipinski definition) is 1. The highest BCUT2D eigenvalue weighted by Crippen LogP contribution is 2.29. The van der Waals surface area contributed by atoms with E-state index in [9.17, 15) is 4.79 Å². The molecule has 2 rings (SSSR count). The molecule has 0 aliphatic heterocycles. The Hall–Kier alpha value is -1.25. The molecule has 1 fully saturated rings. The molecule has 0 atom stereocenters. The molecule has 0 aromatic carbocycles. The van der Waals surface area contributed by atoms with Crippen molar-refractivity contribution < 1.29 is 9.90 Å². The molecular formula is C11H15NO2. The van der Waals surface area contributed by atoms with Gasteiger partial charge in [-0.2, -0.15) is 0 Å². The number of carbonyl (C=O) groups is 1. The molecule has 76 valence electrons. The summed E-state index contributed by atoms with van der Waals surface area (Å²) in [4.78, 5) is 10.9. The van der Waals surface area contributed by atoms with Gasteiger partial charge < -0.3 is 9.67 Å². The van der Waals surface area contributed by atoms with E-state index in [1.54, 1.807) is 6.07 Å². The monoisotopic (exact) mass is 193 g/mol. The van der Waals surface area contributed by atoms with Crippen molar-refractivity contribution in [1.29, 1.82) is 0 Å². The molecular weight excluding hydrogens is 178 g/mol. The van der Waals surface area contributed by atoms with Crippen LogP contribution in [0, 0.1) is 0 Å². The number of carboxylic acids is 1. The summed E-state index contributed by atoms with van der Waals surface area (Å²) in [5.74, 6) is -0.819. The first-order chi connectivity index (χ1) is 6.79. The lowest BCUT2D eigenvalue weighted by molar-refractivity contribution is 0.0681. The van der Waals surface area contributed by atoms with Gasteiger partial charge in [-0.1, -0.05) is 19.3 Å². The Labute approximate surface area is 83.4 Å². The van der Waals surface area contributed by atoms with Gasteiger partial charge in [-0.25, -0.2) is 4.79 Å². The summed E-state index contributed by atoms with van der Waals surface area (Å²) < 4.78 is 1.92. The fourth-order valence-electron chi connectivity index (χ4n) is 2.25. The molecule has 1 heterocycles. The third-order valence-corrected chi connectivity index (χ3v) is 2.97. The Morgan fingerprint density at radius 2 is 2.07 bits per heavy atom. The van der Waals surface area contributed by atoms with E-state index in [1.807, 2.05) is 16.8 Å². The lowest BCUT2D eigenvalue weighted by Gasteiger charge is -2.24. The van der Waals surface area contributed by atoms with E-state index >= 15 is 0 Å². The van der Waals surface area contributed by atoms with Crippen molar-refractivity contribution >= 4 is 5.97 Å². The van der Waals surface area contributed by atoms with Crippen LogP contribution in [0.4, 0.5) is 0 Å². The van der Waals surface area contributed by atoms with E-state index in [1.165, 1.54) is 19.3 Å². The van der Waals surface area contributed by atoms with Crippen molar-refractivity contribution in [2.24, 2.45) is 0 Å². The molecule has 3 nitrogen and oxygen atoms in total.